The van der Waals surface area contributed by atoms with Crippen molar-refractivity contribution in [2.45, 2.75) is 25.4 Å². The van der Waals surface area contributed by atoms with E-state index in [0.29, 0.717) is 11.4 Å². The molecular formula is C15H12Br2FNOS. The minimum atomic E-state index is -0.266. The van der Waals surface area contributed by atoms with Crippen LogP contribution in [-0.4, -0.2) is 16.8 Å². The predicted molar refractivity (Wildman–Crippen MR) is 89.0 cm³/mol. The van der Waals surface area contributed by atoms with E-state index < -0.39 is 0 Å². The average molecular weight is 433 g/mol. The summed E-state index contributed by atoms with van der Waals surface area (Å²) in [4.78, 5) is 15.2. The Bertz CT molecular complexity index is 665. The third-order valence-corrected chi connectivity index (χ3v) is 6.59. The van der Waals surface area contributed by atoms with Crippen LogP contribution in [0.4, 0.5) is 4.39 Å². The molecule has 1 amide bonds. The van der Waals surface area contributed by atoms with Gasteiger partial charge < -0.3 is 4.90 Å². The summed E-state index contributed by atoms with van der Waals surface area (Å²) >= 11 is 8.23. The van der Waals surface area contributed by atoms with Gasteiger partial charge in [-0.1, -0.05) is 12.1 Å². The van der Waals surface area contributed by atoms with Gasteiger partial charge in [0.1, 0.15) is 5.82 Å². The molecule has 2 aromatic rings. The molecule has 0 unspecified atom stereocenters. The first-order valence-electron chi connectivity index (χ1n) is 6.55. The van der Waals surface area contributed by atoms with Crippen LogP contribution in [0.2, 0.25) is 0 Å². The maximum Gasteiger partial charge on any atom is 0.264 e. The Morgan fingerprint density at radius 1 is 1.33 bits per heavy atom. The topological polar surface area (TPSA) is 20.3 Å². The van der Waals surface area contributed by atoms with Crippen LogP contribution >= 0.6 is 43.2 Å². The van der Waals surface area contributed by atoms with Crippen LogP contribution in [0.15, 0.2) is 38.6 Å². The molecule has 110 valence electrons. The van der Waals surface area contributed by atoms with Crippen molar-refractivity contribution in [2.24, 2.45) is 0 Å². The lowest BCUT2D eigenvalue weighted by atomic mass is 10.2. The average Bonchev–Trinajstić information content (AvgIpc) is 3.22. The Morgan fingerprint density at radius 3 is 2.67 bits per heavy atom. The maximum absolute atomic E-state index is 13.3. The van der Waals surface area contributed by atoms with Crippen molar-refractivity contribution in [1.29, 1.82) is 0 Å². The molecule has 0 saturated heterocycles. The number of hydrogen-bond acceptors (Lipinski definition) is 2. The SMILES string of the molecule is O=C(c1cc(Br)c(Br)s1)N(Cc1cccc(F)c1)C1CC1. The Morgan fingerprint density at radius 2 is 2.10 bits per heavy atom. The van der Waals surface area contributed by atoms with E-state index in [4.69, 9.17) is 0 Å². The predicted octanol–water partition coefficient (Wildman–Crippen LogP) is 5.22. The Labute approximate surface area is 143 Å². The molecule has 21 heavy (non-hydrogen) atoms. The maximum atomic E-state index is 13.3. The normalized spacial score (nSPS) is 14.2. The van der Waals surface area contributed by atoms with E-state index >= 15 is 0 Å². The number of nitrogens with zero attached hydrogens (tertiary/aromatic N) is 1. The van der Waals surface area contributed by atoms with Gasteiger partial charge in [-0.2, -0.15) is 0 Å². The fourth-order valence-electron chi connectivity index (χ4n) is 2.18. The van der Waals surface area contributed by atoms with E-state index in [2.05, 4.69) is 31.9 Å². The van der Waals surface area contributed by atoms with Crippen LogP contribution in [0.5, 0.6) is 0 Å². The molecule has 3 rings (SSSR count). The number of amides is 1. The van der Waals surface area contributed by atoms with Crippen molar-refractivity contribution < 1.29 is 9.18 Å². The first kappa shape index (κ1) is 15.2. The van der Waals surface area contributed by atoms with Gasteiger partial charge in [0.15, 0.2) is 0 Å². The van der Waals surface area contributed by atoms with Crippen molar-refractivity contribution in [1.82, 2.24) is 4.90 Å². The molecule has 1 aromatic heterocycles. The zero-order valence-corrected chi connectivity index (χ0v) is 15.0. The molecule has 0 N–H and O–H groups in total. The van der Waals surface area contributed by atoms with Crippen molar-refractivity contribution in [3.05, 3.63) is 54.8 Å². The van der Waals surface area contributed by atoms with Crippen LogP contribution in [0.25, 0.3) is 0 Å². The van der Waals surface area contributed by atoms with Gasteiger partial charge in [0.25, 0.3) is 5.91 Å². The number of halogens is 3. The molecule has 1 aliphatic carbocycles. The summed E-state index contributed by atoms with van der Waals surface area (Å²) in [5.41, 5.74) is 0.824. The molecule has 0 bridgehead atoms. The van der Waals surface area contributed by atoms with Crippen molar-refractivity contribution in [3.8, 4) is 0 Å². The van der Waals surface area contributed by atoms with Gasteiger partial charge in [0, 0.05) is 17.1 Å². The van der Waals surface area contributed by atoms with Crippen molar-refractivity contribution in [3.63, 3.8) is 0 Å². The fraction of sp³-hybridized carbons (Fsp3) is 0.267. The number of rotatable bonds is 4. The summed E-state index contributed by atoms with van der Waals surface area (Å²) in [6.07, 6.45) is 2.05. The second-order valence-corrected chi connectivity index (χ2v) is 8.25. The van der Waals surface area contributed by atoms with Crippen LogP contribution in [0.3, 0.4) is 0 Å². The minimum Gasteiger partial charge on any atom is -0.331 e. The Kier molecular flexibility index (Phi) is 4.47. The quantitative estimate of drug-likeness (QED) is 0.648. The van der Waals surface area contributed by atoms with Gasteiger partial charge in [-0.25, -0.2) is 4.39 Å². The lowest BCUT2D eigenvalue weighted by Gasteiger charge is -2.22. The summed E-state index contributed by atoms with van der Waals surface area (Å²) in [5, 5.41) is 0. The van der Waals surface area contributed by atoms with E-state index in [0.717, 1.165) is 26.7 Å². The third kappa shape index (κ3) is 3.55. The van der Waals surface area contributed by atoms with Crippen LogP contribution in [0.1, 0.15) is 28.1 Å². The summed E-state index contributed by atoms with van der Waals surface area (Å²) in [7, 11) is 0. The second kappa shape index (κ2) is 6.18. The molecule has 2 nitrogen and oxygen atoms in total. The molecule has 0 aliphatic heterocycles. The van der Waals surface area contributed by atoms with Crippen molar-refractivity contribution in [2.75, 3.05) is 0 Å². The van der Waals surface area contributed by atoms with Gasteiger partial charge in [0.2, 0.25) is 0 Å². The van der Waals surface area contributed by atoms with Crippen molar-refractivity contribution >= 4 is 49.1 Å². The fourth-order valence-corrected chi connectivity index (χ4v) is 4.17. The highest BCUT2D eigenvalue weighted by atomic mass is 79.9. The van der Waals surface area contributed by atoms with Crippen LogP contribution in [0, 0.1) is 5.82 Å². The molecule has 0 spiro atoms. The second-order valence-electron chi connectivity index (χ2n) is 5.03. The molecule has 1 saturated carbocycles. The first-order valence-corrected chi connectivity index (χ1v) is 8.95. The number of hydrogen-bond donors (Lipinski definition) is 0. The molecule has 1 fully saturated rings. The zero-order chi connectivity index (χ0) is 15.0. The zero-order valence-electron chi connectivity index (χ0n) is 11.0. The largest absolute Gasteiger partial charge is 0.331 e. The highest BCUT2D eigenvalue weighted by molar-refractivity contribution is 9.13. The summed E-state index contributed by atoms with van der Waals surface area (Å²) < 4.78 is 15.1. The first-order chi connectivity index (χ1) is 10.0. The van der Waals surface area contributed by atoms with Gasteiger partial charge in [-0.3, -0.25) is 4.79 Å². The minimum absolute atomic E-state index is 0.0122. The smallest absolute Gasteiger partial charge is 0.264 e. The summed E-state index contributed by atoms with van der Waals surface area (Å²) in [6, 6.07) is 8.55. The van der Waals surface area contributed by atoms with Crippen LogP contribution in [-0.2, 0) is 6.54 Å². The summed E-state index contributed by atoms with van der Waals surface area (Å²) in [5.74, 6) is -0.254. The highest BCUT2D eigenvalue weighted by Crippen LogP contribution is 2.36. The lowest BCUT2D eigenvalue weighted by Crippen LogP contribution is -2.32. The molecule has 0 radical (unpaired) electrons. The number of carbonyl (C=O) groups excluding carboxylic acids is 1. The standard InChI is InChI=1S/C15H12Br2FNOS/c16-12-7-13(21-14(12)17)15(20)19(11-4-5-11)8-9-2-1-3-10(18)6-9/h1-3,6-7,11H,4-5,8H2. The van der Waals surface area contributed by atoms with Gasteiger partial charge in [-0.05, 0) is 68.5 Å². The molecule has 0 atom stereocenters. The van der Waals surface area contributed by atoms with E-state index in [1.54, 1.807) is 6.07 Å². The molecule has 1 aromatic carbocycles. The molecule has 1 aliphatic rings. The van der Waals surface area contributed by atoms with Crippen LogP contribution < -0.4 is 0 Å². The number of carbonyl (C=O) groups is 1. The monoisotopic (exact) mass is 431 g/mol. The van der Waals surface area contributed by atoms with E-state index in [1.807, 2.05) is 17.0 Å². The van der Waals surface area contributed by atoms with Gasteiger partial charge >= 0.3 is 0 Å². The third-order valence-electron chi connectivity index (χ3n) is 3.35. The summed E-state index contributed by atoms with van der Waals surface area (Å²) in [6.45, 7) is 0.453. The Balaban J connectivity index is 1.83. The van der Waals surface area contributed by atoms with Gasteiger partial charge in [0.05, 0.1) is 8.66 Å². The molecule has 6 heteroatoms. The van der Waals surface area contributed by atoms with E-state index in [1.165, 1.54) is 23.5 Å². The number of thiophene rings is 1. The molecule has 1 heterocycles. The number of benzene rings is 1. The molecular weight excluding hydrogens is 421 g/mol. The highest BCUT2D eigenvalue weighted by Gasteiger charge is 2.33. The van der Waals surface area contributed by atoms with E-state index in [9.17, 15) is 9.18 Å². The lowest BCUT2D eigenvalue weighted by molar-refractivity contribution is 0.0734. The van der Waals surface area contributed by atoms with Gasteiger partial charge in [-0.15, -0.1) is 11.3 Å². The Hall–Kier alpha value is -0.720. The van der Waals surface area contributed by atoms with E-state index in [-0.39, 0.29) is 17.8 Å².